The van der Waals surface area contributed by atoms with Gasteiger partial charge in [-0.05, 0) is 25.1 Å². The van der Waals surface area contributed by atoms with E-state index in [9.17, 15) is 23.1 Å². The lowest BCUT2D eigenvalue weighted by atomic mass is 10.1. The van der Waals surface area contributed by atoms with Crippen LogP contribution in [-0.2, 0) is 12.8 Å². The number of hydrogen-bond acceptors (Lipinski definition) is 3. The largest absolute Gasteiger partial charge is 0.507 e. The molecule has 0 aliphatic heterocycles. The second kappa shape index (κ2) is 6.09. The molecule has 0 amide bonds. The number of hydrogen-bond donors (Lipinski definition) is 1. The van der Waals surface area contributed by atoms with Crippen molar-refractivity contribution in [2.24, 2.45) is 0 Å². The van der Waals surface area contributed by atoms with Crippen molar-refractivity contribution in [3.05, 3.63) is 59.2 Å². The van der Waals surface area contributed by atoms with Crippen molar-refractivity contribution in [1.29, 1.82) is 0 Å². The Balaban J connectivity index is 2.18. The van der Waals surface area contributed by atoms with Gasteiger partial charge in [0.15, 0.2) is 5.78 Å². The van der Waals surface area contributed by atoms with Crippen molar-refractivity contribution in [2.75, 3.05) is 0 Å². The molecule has 0 atom stereocenters. The van der Waals surface area contributed by atoms with Crippen LogP contribution in [0.4, 0.5) is 13.2 Å². The molecule has 2 aromatic carbocycles. The van der Waals surface area contributed by atoms with Gasteiger partial charge in [0.25, 0.3) is 0 Å². The average molecular weight is 310 g/mol. The maximum Gasteiger partial charge on any atom is 0.416 e. The number of rotatable bonds is 4. The van der Waals surface area contributed by atoms with Gasteiger partial charge in [0.2, 0.25) is 0 Å². The standard InChI is InChI=1S/C16H13F3O3/c1-10(20)13-7-6-12(8-15(13)21)22-9-11-4-2-3-5-14(11)16(17,18)19/h2-8,21H,9H2,1H3. The summed E-state index contributed by atoms with van der Waals surface area (Å²) in [5.41, 5.74) is -0.646. The fourth-order valence-electron chi connectivity index (χ4n) is 1.98. The normalized spacial score (nSPS) is 11.3. The summed E-state index contributed by atoms with van der Waals surface area (Å²) in [5, 5.41) is 9.66. The number of alkyl halides is 3. The summed E-state index contributed by atoms with van der Waals surface area (Å²) in [5.74, 6) is -0.403. The third-order valence-corrected chi connectivity index (χ3v) is 3.07. The van der Waals surface area contributed by atoms with Crippen molar-refractivity contribution < 1.29 is 27.8 Å². The number of halogens is 3. The molecule has 0 heterocycles. The third-order valence-electron chi connectivity index (χ3n) is 3.07. The Kier molecular flexibility index (Phi) is 4.40. The fourth-order valence-corrected chi connectivity index (χ4v) is 1.98. The molecule has 2 aromatic rings. The first-order valence-electron chi connectivity index (χ1n) is 6.41. The highest BCUT2D eigenvalue weighted by Crippen LogP contribution is 2.32. The molecule has 1 N–H and O–H groups in total. The molecule has 2 rings (SSSR count). The quantitative estimate of drug-likeness (QED) is 0.861. The van der Waals surface area contributed by atoms with Crippen LogP contribution >= 0.6 is 0 Å². The van der Waals surface area contributed by atoms with Gasteiger partial charge in [0.1, 0.15) is 18.1 Å². The molecule has 0 unspecified atom stereocenters. The number of carbonyl (C=O) groups is 1. The van der Waals surface area contributed by atoms with Crippen LogP contribution in [0.1, 0.15) is 28.4 Å². The molecule has 0 aliphatic carbocycles. The molecule has 0 saturated carbocycles. The number of ketones is 1. The lowest BCUT2D eigenvalue weighted by molar-refractivity contribution is -0.138. The molecule has 0 aliphatic rings. The van der Waals surface area contributed by atoms with Gasteiger partial charge in [-0.25, -0.2) is 0 Å². The predicted molar refractivity (Wildman–Crippen MR) is 73.9 cm³/mol. The Morgan fingerprint density at radius 2 is 1.86 bits per heavy atom. The Hall–Kier alpha value is -2.50. The number of ether oxygens (including phenoxy) is 1. The van der Waals surface area contributed by atoms with E-state index in [-0.39, 0.29) is 35.0 Å². The first-order chi connectivity index (χ1) is 10.3. The molecule has 116 valence electrons. The van der Waals surface area contributed by atoms with E-state index in [0.29, 0.717) is 0 Å². The lowest BCUT2D eigenvalue weighted by Gasteiger charge is -2.13. The van der Waals surface area contributed by atoms with Gasteiger partial charge in [-0.3, -0.25) is 4.79 Å². The second-order valence-corrected chi connectivity index (χ2v) is 4.68. The SMILES string of the molecule is CC(=O)c1ccc(OCc2ccccc2C(F)(F)F)cc1O. The highest BCUT2D eigenvalue weighted by Gasteiger charge is 2.32. The van der Waals surface area contributed by atoms with Crippen LogP contribution in [0, 0.1) is 0 Å². The van der Waals surface area contributed by atoms with Crippen LogP contribution < -0.4 is 4.74 Å². The number of aromatic hydroxyl groups is 1. The molecular formula is C16H13F3O3. The van der Waals surface area contributed by atoms with Gasteiger partial charge in [0.05, 0.1) is 11.1 Å². The average Bonchev–Trinajstić information content (AvgIpc) is 2.44. The van der Waals surface area contributed by atoms with E-state index in [0.717, 1.165) is 6.07 Å². The molecule has 0 aromatic heterocycles. The third kappa shape index (κ3) is 3.58. The minimum atomic E-state index is -4.46. The van der Waals surface area contributed by atoms with E-state index in [1.165, 1.54) is 43.3 Å². The van der Waals surface area contributed by atoms with E-state index in [1.807, 2.05) is 0 Å². The second-order valence-electron chi connectivity index (χ2n) is 4.68. The first-order valence-corrected chi connectivity index (χ1v) is 6.41. The summed E-state index contributed by atoms with van der Waals surface area (Å²) < 4.78 is 43.8. The molecule has 22 heavy (non-hydrogen) atoms. The van der Waals surface area contributed by atoms with Gasteiger partial charge in [-0.1, -0.05) is 18.2 Å². The number of benzene rings is 2. The van der Waals surface area contributed by atoms with Crippen LogP contribution in [0.5, 0.6) is 11.5 Å². The Morgan fingerprint density at radius 1 is 1.18 bits per heavy atom. The van der Waals surface area contributed by atoms with Crippen molar-refractivity contribution in [3.63, 3.8) is 0 Å². The van der Waals surface area contributed by atoms with E-state index >= 15 is 0 Å². The van der Waals surface area contributed by atoms with Crippen molar-refractivity contribution >= 4 is 5.78 Å². The molecule has 0 fully saturated rings. The maximum absolute atomic E-state index is 12.8. The smallest absolute Gasteiger partial charge is 0.416 e. The summed E-state index contributed by atoms with van der Waals surface area (Å²) in [7, 11) is 0. The molecule has 0 spiro atoms. The zero-order valence-corrected chi connectivity index (χ0v) is 11.6. The Morgan fingerprint density at radius 3 is 2.45 bits per heavy atom. The van der Waals surface area contributed by atoms with E-state index in [2.05, 4.69) is 0 Å². The summed E-state index contributed by atoms with van der Waals surface area (Å²) in [6, 6.07) is 9.09. The molecule has 3 nitrogen and oxygen atoms in total. The van der Waals surface area contributed by atoms with E-state index in [1.54, 1.807) is 0 Å². The summed E-state index contributed by atoms with van der Waals surface area (Å²) >= 11 is 0. The minimum absolute atomic E-state index is 0.00913. The van der Waals surface area contributed by atoms with Gasteiger partial charge in [-0.15, -0.1) is 0 Å². The van der Waals surface area contributed by atoms with Crippen LogP contribution in [-0.4, -0.2) is 10.9 Å². The van der Waals surface area contributed by atoms with Gasteiger partial charge >= 0.3 is 6.18 Å². The summed E-state index contributed by atoms with van der Waals surface area (Å²) in [6.45, 7) is 1.00. The monoisotopic (exact) mass is 310 g/mol. The lowest BCUT2D eigenvalue weighted by Crippen LogP contribution is -2.10. The fraction of sp³-hybridized carbons (Fsp3) is 0.188. The van der Waals surface area contributed by atoms with Crippen molar-refractivity contribution in [2.45, 2.75) is 19.7 Å². The number of phenolic OH excluding ortho intramolecular Hbond substituents is 1. The summed E-state index contributed by atoms with van der Waals surface area (Å²) in [4.78, 5) is 11.2. The summed E-state index contributed by atoms with van der Waals surface area (Å²) in [6.07, 6.45) is -4.46. The minimum Gasteiger partial charge on any atom is -0.507 e. The highest BCUT2D eigenvalue weighted by atomic mass is 19.4. The van der Waals surface area contributed by atoms with Gasteiger partial charge < -0.3 is 9.84 Å². The first kappa shape index (κ1) is 15.9. The van der Waals surface area contributed by atoms with Crippen LogP contribution in [0.25, 0.3) is 0 Å². The van der Waals surface area contributed by atoms with Crippen LogP contribution in [0.3, 0.4) is 0 Å². The van der Waals surface area contributed by atoms with Crippen LogP contribution in [0.15, 0.2) is 42.5 Å². The molecule has 0 bridgehead atoms. The van der Waals surface area contributed by atoms with E-state index < -0.39 is 11.7 Å². The highest BCUT2D eigenvalue weighted by molar-refractivity contribution is 5.96. The van der Waals surface area contributed by atoms with Crippen LogP contribution in [0.2, 0.25) is 0 Å². The molecule has 0 radical (unpaired) electrons. The molecule has 0 saturated heterocycles. The van der Waals surface area contributed by atoms with Gasteiger partial charge in [0, 0.05) is 11.6 Å². The zero-order valence-electron chi connectivity index (χ0n) is 11.6. The number of Topliss-reactive ketones (excluding diaryl/α,β-unsaturated/α-hetero) is 1. The van der Waals surface area contributed by atoms with Crippen molar-refractivity contribution in [3.8, 4) is 11.5 Å². The van der Waals surface area contributed by atoms with Gasteiger partial charge in [-0.2, -0.15) is 13.2 Å². The van der Waals surface area contributed by atoms with Crippen molar-refractivity contribution in [1.82, 2.24) is 0 Å². The molecule has 6 heteroatoms. The number of phenols is 1. The maximum atomic E-state index is 12.8. The van der Waals surface area contributed by atoms with E-state index in [4.69, 9.17) is 4.74 Å². The topological polar surface area (TPSA) is 46.5 Å². The zero-order chi connectivity index (χ0) is 16.3. The predicted octanol–water partition coefficient (Wildman–Crippen LogP) is 4.19. The Bertz CT molecular complexity index is 693. The number of carbonyl (C=O) groups excluding carboxylic acids is 1. The molecular weight excluding hydrogens is 297 g/mol. The Labute approximate surface area is 125 Å².